The molecule has 0 saturated carbocycles. The van der Waals surface area contributed by atoms with Gasteiger partial charge in [0.2, 0.25) is 5.91 Å². The lowest BCUT2D eigenvalue weighted by atomic mass is 9.98. The van der Waals surface area contributed by atoms with Crippen LogP contribution in [-0.4, -0.2) is 42.6 Å². The molecule has 1 aromatic carbocycles. The summed E-state index contributed by atoms with van der Waals surface area (Å²) in [6, 6.07) is 9.79. The monoisotopic (exact) mass is 330 g/mol. The highest BCUT2D eigenvalue weighted by atomic mass is 16.5. The van der Waals surface area contributed by atoms with Crippen molar-refractivity contribution < 1.29 is 9.53 Å². The van der Waals surface area contributed by atoms with Gasteiger partial charge in [0.25, 0.3) is 0 Å². The molecular weight excluding hydrogens is 300 g/mol. The number of hydrogen-bond donors (Lipinski definition) is 1. The zero-order valence-corrected chi connectivity index (χ0v) is 15.1. The highest BCUT2D eigenvalue weighted by molar-refractivity contribution is 5.76. The molecule has 2 aliphatic rings. The number of rotatable bonds is 6. The predicted molar refractivity (Wildman–Crippen MR) is 96.4 cm³/mol. The minimum Gasteiger partial charge on any atom is -0.493 e. The summed E-state index contributed by atoms with van der Waals surface area (Å²) < 4.78 is 5.74. The van der Waals surface area contributed by atoms with Gasteiger partial charge in [-0.3, -0.25) is 4.79 Å². The van der Waals surface area contributed by atoms with E-state index >= 15 is 0 Å². The molecule has 1 amide bonds. The molecule has 3 rings (SSSR count). The van der Waals surface area contributed by atoms with Crippen LogP contribution < -0.4 is 10.1 Å². The smallest absolute Gasteiger partial charge is 0.225 e. The summed E-state index contributed by atoms with van der Waals surface area (Å²) in [5.74, 6) is 1.56. The lowest BCUT2D eigenvalue weighted by molar-refractivity contribution is -0.133. The Hall–Kier alpha value is -1.55. The van der Waals surface area contributed by atoms with Crippen LogP contribution in [-0.2, 0) is 4.79 Å². The third-order valence-corrected chi connectivity index (χ3v) is 5.52. The number of nitrogens with one attached hydrogen (secondary N) is 1. The van der Waals surface area contributed by atoms with E-state index in [1.54, 1.807) is 0 Å². The van der Waals surface area contributed by atoms with Crippen LogP contribution in [0.3, 0.4) is 0 Å². The summed E-state index contributed by atoms with van der Waals surface area (Å²) >= 11 is 0. The third-order valence-electron chi connectivity index (χ3n) is 5.52. The van der Waals surface area contributed by atoms with Gasteiger partial charge in [-0.15, -0.1) is 0 Å². The normalized spacial score (nSPS) is 25.8. The van der Waals surface area contributed by atoms with Crippen LogP contribution >= 0.6 is 0 Å². The van der Waals surface area contributed by atoms with E-state index in [1.165, 1.54) is 18.4 Å². The Morgan fingerprint density at radius 1 is 1.21 bits per heavy atom. The molecule has 0 radical (unpaired) electrons. The number of carbonyl (C=O) groups excluding carboxylic acids is 1. The largest absolute Gasteiger partial charge is 0.493 e. The van der Waals surface area contributed by atoms with Gasteiger partial charge >= 0.3 is 0 Å². The van der Waals surface area contributed by atoms with E-state index in [2.05, 4.69) is 31.3 Å². The molecule has 0 aliphatic carbocycles. The number of fused-ring (bicyclic) bond motifs is 2. The number of amides is 1. The van der Waals surface area contributed by atoms with E-state index in [1.807, 2.05) is 24.1 Å². The first-order valence-corrected chi connectivity index (χ1v) is 9.27. The van der Waals surface area contributed by atoms with Gasteiger partial charge in [0, 0.05) is 25.2 Å². The fourth-order valence-electron chi connectivity index (χ4n) is 3.93. The van der Waals surface area contributed by atoms with Crippen molar-refractivity contribution in [1.29, 1.82) is 0 Å². The van der Waals surface area contributed by atoms with E-state index in [0.29, 0.717) is 37.1 Å². The minimum absolute atomic E-state index is 0.195. The predicted octanol–water partition coefficient (Wildman–Crippen LogP) is 3.32. The fraction of sp³-hybridized carbons (Fsp3) is 0.650. The van der Waals surface area contributed by atoms with Crippen LogP contribution in [0.4, 0.5) is 0 Å². The molecule has 4 heteroatoms. The maximum absolute atomic E-state index is 12.4. The number of carbonyl (C=O) groups is 1. The number of hydrogen-bond acceptors (Lipinski definition) is 3. The zero-order chi connectivity index (χ0) is 17.1. The SMILES string of the molecule is CC(C)c1ccc(OCCC(=O)N(C)C2CC3CCC(C2)N3)cc1. The van der Waals surface area contributed by atoms with Crippen molar-refractivity contribution in [2.24, 2.45) is 0 Å². The first kappa shape index (κ1) is 17.3. The minimum atomic E-state index is 0.195. The van der Waals surface area contributed by atoms with Crippen molar-refractivity contribution in [3.05, 3.63) is 29.8 Å². The van der Waals surface area contributed by atoms with Crippen LogP contribution in [0.5, 0.6) is 5.75 Å². The Morgan fingerprint density at radius 2 is 1.83 bits per heavy atom. The van der Waals surface area contributed by atoms with E-state index < -0.39 is 0 Å². The molecule has 132 valence electrons. The first-order valence-electron chi connectivity index (χ1n) is 9.27. The Balaban J connectivity index is 1.43. The van der Waals surface area contributed by atoms with Crippen LogP contribution in [0.25, 0.3) is 0 Å². The molecular formula is C20H30N2O2. The van der Waals surface area contributed by atoms with Crippen LogP contribution in [0, 0.1) is 0 Å². The molecule has 2 bridgehead atoms. The Kier molecular flexibility index (Phi) is 5.44. The van der Waals surface area contributed by atoms with Gasteiger partial charge in [0.15, 0.2) is 0 Å². The molecule has 2 aliphatic heterocycles. The second kappa shape index (κ2) is 7.56. The first-order chi connectivity index (χ1) is 11.5. The summed E-state index contributed by atoms with van der Waals surface area (Å²) in [5.41, 5.74) is 1.30. The molecule has 2 fully saturated rings. The Morgan fingerprint density at radius 3 is 2.42 bits per heavy atom. The molecule has 2 saturated heterocycles. The Bertz CT molecular complexity index is 543. The quantitative estimate of drug-likeness (QED) is 0.870. The van der Waals surface area contributed by atoms with E-state index in [-0.39, 0.29) is 5.91 Å². The second-order valence-electron chi connectivity index (χ2n) is 7.59. The van der Waals surface area contributed by atoms with Gasteiger partial charge in [0.05, 0.1) is 13.0 Å². The molecule has 1 N–H and O–H groups in total. The summed E-state index contributed by atoms with van der Waals surface area (Å²) in [7, 11) is 1.95. The van der Waals surface area contributed by atoms with Crippen molar-refractivity contribution in [3.8, 4) is 5.75 Å². The second-order valence-corrected chi connectivity index (χ2v) is 7.59. The van der Waals surface area contributed by atoms with Gasteiger partial charge in [-0.05, 0) is 49.3 Å². The molecule has 4 nitrogen and oxygen atoms in total. The molecule has 24 heavy (non-hydrogen) atoms. The lowest BCUT2D eigenvalue weighted by Crippen LogP contribution is -2.48. The maximum atomic E-state index is 12.4. The molecule has 2 unspecified atom stereocenters. The van der Waals surface area contributed by atoms with Gasteiger partial charge in [-0.25, -0.2) is 0 Å². The van der Waals surface area contributed by atoms with Gasteiger partial charge in [0.1, 0.15) is 5.75 Å². The van der Waals surface area contributed by atoms with Crippen LogP contribution in [0.15, 0.2) is 24.3 Å². The average Bonchev–Trinajstić information content (AvgIpc) is 2.92. The highest BCUT2D eigenvalue weighted by Crippen LogP contribution is 2.29. The van der Waals surface area contributed by atoms with Crippen molar-refractivity contribution >= 4 is 5.91 Å². The average molecular weight is 330 g/mol. The standard InChI is InChI=1S/C20H30N2O2/c1-14(2)15-4-8-19(9-5-15)24-11-10-20(23)22(3)18-12-16-6-7-17(13-18)21-16/h4-5,8-9,14,16-18,21H,6-7,10-13H2,1-3H3. The molecule has 2 heterocycles. The third kappa shape index (κ3) is 4.10. The fourth-order valence-corrected chi connectivity index (χ4v) is 3.93. The maximum Gasteiger partial charge on any atom is 0.225 e. The van der Waals surface area contributed by atoms with E-state index in [4.69, 9.17) is 4.74 Å². The summed E-state index contributed by atoms with van der Waals surface area (Å²) in [6.45, 7) is 4.80. The highest BCUT2D eigenvalue weighted by Gasteiger charge is 2.36. The number of piperidine rings is 1. The van der Waals surface area contributed by atoms with Gasteiger partial charge in [-0.1, -0.05) is 26.0 Å². The Labute approximate surface area is 145 Å². The molecule has 2 atom stereocenters. The number of benzene rings is 1. The van der Waals surface area contributed by atoms with Gasteiger partial charge in [-0.2, -0.15) is 0 Å². The lowest BCUT2D eigenvalue weighted by Gasteiger charge is -2.35. The topological polar surface area (TPSA) is 41.6 Å². The van der Waals surface area contributed by atoms with Crippen molar-refractivity contribution in [2.45, 2.75) is 70.0 Å². The van der Waals surface area contributed by atoms with Crippen LogP contribution in [0.1, 0.15) is 57.4 Å². The molecule has 0 aromatic heterocycles. The summed E-state index contributed by atoms with van der Waals surface area (Å²) in [6.07, 6.45) is 5.16. The number of ether oxygens (including phenoxy) is 1. The van der Waals surface area contributed by atoms with Crippen LogP contribution in [0.2, 0.25) is 0 Å². The van der Waals surface area contributed by atoms with Crippen molar-refractivity contribution in [3.63, 3.8) is 0 Å². The zero-order valence-electron chi connectivity index (χ0n) is 15.1. The van der Waals surface area contributed by atoms with Crippen molar-refractivity contribution in [1.82, 2.24) is 10.2 Å². The number of nitrogens with zero attached hydrogens (tertiary/aromatic N) is 1. The summed E-state index contributed by atoms with van der Waals surface area (Å²) in [4.78, 5) is 14.4. The van der Waals surface area contributed by atoms with E-state index in [9.17, 15) is 4.79 Å². The van der Waals surface area contributed by atoms with Gasteiger partial charge < -0.3 is 15.0 Å². The van der Waals surface area contributed by atoms with Crippen molar-refractivity contribution in [2.75, 3.05) is 13.7 Å². The summed E-state index contributed by atoms with van der Waals surface area (Å²) in [5, 5.41) is 3.63. The molecule has 1 aromatic rings. The van der Waals surface area contributed by atoms with E-state index in [0.717, 1.165) is 18.6 Å². The molecule has 0 spiro atoms.